The summed E-state index contributed by atoms with van der Waals surface area (Å²) in [6, 6.07) is 6.30. The van der Waals surface area contributed by atoms with E-state index in [0.29, 0.717) is 30.0 Å². The molecule has 0 aliphatic heterocycles. The Balaban J connectivity index is 2.15. The second-order valence-corrected chi connectivity index (χ2v) is 7.57. The molecule has 5 nitrogen and oxygen atoms in total. The van der Waals surface area contributed by atoms with Crippen molar-refractivity contribution in [2.75, 3.05) is 23.8 Å². The molecule has 1 fully saturated rings. The third-order valence-corrected chi connectivity index (χ3v) is 4.82. The van der Waals surface area contributed by atoms with Crippen LogP contribution in [0.25, 0.3) is 0 Å². The molecule has 0 aromatic heterocycles. The smallest absolute Gasteiger partial charge is 0.347 e. The van der Waals surface area contributed by atoms with Crippen LogP contribution in [-0.2, 0) is 9.53 Å². The Hall–Kier alpha value is -1.91. The van der Waals surface area contributed by atoms with E-state index in [-0.39, 0.29) is 5.97 Å². The number of nitrogens with zero attached hydrogens (tertiary/aromatic N) is 1. The molecule has 0 amide bonds. The second-order valence-electron chi connectivity index (χ2n) is 7.57. The standard InChI is InChI=1S/C21H34N2O3/c1-5-25-21(24)16(4)26-18-11-12-20(19(22)13-18)23(14-15(2)3)17-9-7-6-8-10-17/h11-13,15-17H,5-10,14,22H2,1-4H3. The number of rotatable bonds is 8. The van der Waals surface area contributed by atoms with E-state index in [1.807, 2.05) is 18.2 Å². The number of anilines is 2. The van der Waals surface area contributed by atoms with Crippen LogP contribution in [0.1, 0.15) is 59.8 Å². The molecule has 0 bridgehead atoms. The van der Waals surface area contributed by atoms with Gasteiger partial charge in [0.05, 0.1) is 18.0 Å². The monoisotopic (exact) mass is 362 g/mol. The summed E-state index contributed by atoms with van der Waals surface area (Å²) < 4.78 is 10.7. The molecule has 5 heteroatoms. The van der Waals surface area contributed by atoms with Gasteiger partial charge < -0.3 is 20.1 Å². The van der Waals surface area contributed by atoms with E-state index in [9.17, 15) is 4.79 Å². The predicted molar refractivity (Wildman–Crippen MR) is 107 cm³/mol. The van der Waals surface area contributed by atoms with E-state index in [4.69, 9.17) is 15.2 Å². The van der Waals surface area contributed by atoms with Gasteiger partial charge >= 0.3 is 5.97 Å². The fraction of sp³-hybridized carbons (Fsp3) is 0.667. The van der Waals surface area contributed by atoms with Crippen LogP contribution in [0, 0.1) is 5.92 Å². The van der Waals surface area contributed by atoms with Gasteiger partial charge in [-0.25, -0.2) is 4.79 Å². The Bertz CT molecular complexity index is 583. The molecule has 2 rings (SSSR count). The quantitative estimate of drug-likeness (QED) is 0.549. The first-order valence-electron chi connectivity index (χ1n) is 9.91. The molecule has 1 atom stereocenters. The molecule has 0 saturated heterocycles. The minimum atomic E-state index is -0.648. The molecular formula is C21H34N2O3. The summed E-state index contributed by atoms with van der Waals surface area (Å²) in [6.45, 7) is 9.30. The van der Waals surface area contributed by atoms with Gasteiger partial charge in [-0.15, -0.1) is 0 Å². The number of ether oxygens (including phenoxy) is 2. The average molecular weight is 363 g/mol. The highest BCUT2D eigenvalue weighted by Crippen LogP contribution is 2.34. The highest BCUT2D eigenvalue weighted by Gasteiger charge is 2.24. The fourth-order valence-electron chi connectivity index (χ4n) is 3.61. The van der Waals surface area contributed by atoms with Crippen LogP contribution < -0.4 is 15.4 Å². The first-order valence-corrected chi connectivity index (χ1v) is 9.91. The van der Waals surface area contributed by atoms with Crippen molar-refractivity contribution < 1.29 is 14.3 Å². The number of nitrogens with two attached hydrogens (primary N) is 1. The third kappa shape index (κ3) is 5.55. The van der Waals surface area contributed by atoms with Gasteiger partial charge in [0.1, 0.15) is 5.75 Å². The van der Waals surface area contributed by atoms with Crippen molar-refractivity contribution >= 4 is 17.3 Å². The molecule has 1 aromatic carbocycles. The van der Waals surface area contributed by atoms with Crippen LogP contribution >= 0.6 is 0 Å². The van der Waals surface area contributed by atoms with Crippen LogP contribution in [-0.4, -0.2) is 31.3 Å². The van der Waals surface area contributed by atoms with Crippen molar-refractivity contribution in [3.05, 3.63) is 18.2 Å². The molecule has 1 aliphatic rings. The number of esters is 1. The molecule has 26 heavy (non-hydrogen) atoms. The van der Waals surface area contributed by atoms with Gasteiger partial charge in [0.25, 0.3) is 0 Å². The third-order valence-electron chi connectivity index (χ3n) is 4.82. The maximum Gasteiger partial charge on any atom is 0.347 e. The van der Waals surface area contributed by atoms with E-state index < -0.39 is 6.10 Å². The highest BCUT2D eigenvalue weighted by atomic mass is 16.6. The SMILES string of the molecule is CCOC(=O)C(C)Oc1ccc(N(CC(C)C)C2CCCCC2)c(N)c1. The van der Waals surface area contributed by atoms with Gasteiger partial charge in [-0.3, -0.25) is 0 Å². The molecule has 1 aromatic rings. The number of carbonyl (C=O) groups excluding carboxylic acids is 1. The predicted octanol–water partition coefficient (Wildman–Crippen LogP) is 4.39. The lowest BCUT2D eigenvalue weighted by Gasteiger charge is -2.38. The largest absolute Gasteiger partial charge is 0.479 e. The van der Waals surface area contributed by atoms with Crippen LogP contribution in [0.5, 0.6) is 5.75 Å². The van der Waals surface area contributed by atoms with Crippen molar-refractivity contribution in [1.29, 1.82) is 0 Å². The van der Waals surface area contributed by atoms with Gasteiger partial charge in [0.15, 0.2) is 6.10 Å². The molecule has 0 radical (unpaired) electrons. The van der Waals surface area contributed by atoms with Crippen LogP contribution in [0.15, 0.2) is 18.2 Å². The van der Waals surface area contributed by atoms with E-state index in [1.54, 1.807) is 13.8 Å². The maximum absolute atomic E-state index is 11.7. The minimum absolute atomic E-state index is 0.346. The van der Waals surface area contributed by atoms with Crippen molar-refractivity contribution in [3.8, 4) is 5.75 Å². The summed E-state index contributed by atoms with van der Waals surface area (Å²) in [5.74, 6) is 0.801. The summed E-state index contributed by atoms with van der Waals surface area (Å²) in [6.07, 6.45) is 5.72. The maximum atomic E-state index is 11.7. The zero-order chi connectivity index (χ0) is 19.1. The van der Waals surface area contributed by atoms with Gasteiger partial charge in [0, 0.05) is 18.7 Å². The number of hydrogen-bond donors (Lipinski definition) is 1. The van der Waals surface area contributed by atoms with E-state index in [1.165, 1.54) is 32.1 Å². The number of hydrogen-bond acceptors (Lipinski definition) is 5. The molecule has 1 aliphatic carbocycles. The molecular weight excluding hydrogens is 328 g/mol. The lowest BCUT2D eigenvalue weighted by atomic mass is 9.93. The summed E-state index contributed by atoms with van der Waals surface area (Å²) in [5, 5.41) is 0. The Morgan fingerprint density at radius 1 is 1.23 bits per heavy atom. The lowest BCUT2D eigenvalue weighted by Crippen LogP contribution is -2.39. The van der Waals surface area contributed by atoms with Gasteiger partial charge in [-0.05, 0) is 44.7 Å². The summed E-state index contributed by atoms with van der Waals surface area (Å²) >= 11 is 0. The van der Waals surface area contributed by atoms with Crippen LogP contribution in [0.2, 0.25) is 0 Å². The Kier molecular flexibility index (Phi) is 7.61. The Morgan fingerprint density at radius 3 is 2.50 bits per heavy atom. The van der Waals surface area contributed by atoms with Crippen LogP contribution in [0.3, 0.4) is 0 Å². The summed E-state index contributed by atoms with van der Waals surface area (Å²) in [5.41, 5.74) is 8.15. The van der Waals surface area contributed by atoms with Crippen molar-refractivity contribution in [2.45, 2.75) is 71.9 Å². The number of carbonyl (C=O) groups is 1. The van der Waals surface area contributed by atoms with E-state index in [0.717, 1.165) is 12.2 Å². The summed E-state index contributed by atoms with van der Waals surface area (Å²) in [7, 11) is 0. The van der Waals surface area contributed by atoms with Gasteiger partial charge in [-0.1, -0.05) is 33.1 Å². The zero-order valence-corrected chi connectivity index (χ0v) is 16.7. The first kappa shape index (κ1) is 20.4. The summed E-state index contributed by atoms with van der Waals surface area (Å²) in [4.78, 5) is 14.2. The molecule has 2 N–H and O–H groups in total. The molecule has 1 saturated carbocycles. The normalized spacial score (nSPS) is 16.3. The van der Waals surface area contributed by atoms with Crippen LogP contribution in [0.4, 0.5) is 11.4 Å². The van der Waals surface area contributed by atoms with Crippen molar-refractivity contribution in [1.82, 2.24) is 0 Å². The van der Waals surface area contributed by atoms with Gasteiger partial charge in [0.2, 0.25) is 0 Å². The lowest BCUT2D eigenvalue weighted by molar-refractivity contribution is -0.150. The van der Waals surface area contributed by atoms with Crippen molar-refractivity contribution in [3.63, 3.8) is 0 Å². The average Bonchev–Trinajstić information content (AvgIpc) is 2.61. The van der Waals surface area contributed by atoms with E-state index in [2.05, 4.69) is 18.7 Å². The number of nitrogen functional groups attached to an aromatic ring is 1. The zero-order valence-electron chi connectivity index (χ0n) is 16.7. The fourth-order valence-corrected chi connectivity index (χ4v) is 3.61. The highest BCUT2D eigenvalue weighted by molar-refractivity contribution is 5.75. The topological polar surface area (TPSA) is 64.8 Å². The Labute approximate surface area is 157 Å². The first-order chi connectivity index (χ1) is 12.4. The molecule has 0 spiro atoms. The number of benzene rings is 1. The molecule has 0 heterocycles. The Morgan fingerprint density at radius 2 is 1.92 bits per heavy atom. The molecule has 146 valence electrons. The van der Waals surface area contributed by atoms with Gasteiger partial charge in [-0.2, -0.15) is 0 Å². The second kappa shape index (κ2) is 9.70. The van der Waals surface area contributed by atoms with E-state index >= 15 is 0 Å². The molecule has 1 unspecified atom stereocenters. The van der Waals surface area contributed by atoms with Crippen molar-refractivity contribution in [2.24, 2.45) is 5.92 Å². The minimum Gasteiger partial charge on any atom is -0.479 e.